The number of anilines is 1. The van der Waals surface area contributed by atoms with Gasteiger partial charge in [-0.15, -0.1) is 11.3 Å². The number of thiophene rings is 1. The molecule has 6 heteroatoms. The largest absolute Gasteiger partial charge is 0.393 e. The fourth-order valence-corrected chi connectivity index (χ4v) is 4.97. The van der Waals surface area contributed by atoms with Crippen LogP contribution in [0.5, 0.6) is 0 Å². The van der Waals surface area contributed by atoms with Gasteiger partial charge in [0.2, 0.25) is 5.28 Å². The molecule has 1 N–H and O–H groups in total. The summed E-state index contributed by atoms with van der Waals surface area (Å²) in [5.41, 5.74) is 0. The van der Waals surface area contributed by atoms with Crippen LogP contribution in [0.2, 0.25) is 5.28 Å². The second-order valence-corrected chi connectivity index (χ2v) is 7.47. The highest BCUT2D eigenvalue weighted by molar-refractivity contribution is 7.18. The number of piperidine rings is 1. The number of aliphatic hydroxyl groups excluding tert-OH is 1. The van der Waals surface area contributed by atoms with Crippen LogP contribution in [0.1, 0.15) is 37.5 Å². The minimum Gasteiger partial charge on any atom is -0.393 e. The molecule has 0 radical (unpaired) electrons. The van der Waals surface area contributed by atoms with E-state index in [9.17, 15) is 5.11 Å². The first-order valence-electron chi connectivity index (χ1n) is 7.58. The first kappa shape index (κ1) is 13.7. The third-order valence-corrected chi connectivity index (χ3v) is 6.04. The molecule has 4 heterocycles. The topological polar surface area (TPSA) is 49.2 Å². The number of aromatic nitrogens is 2. The van der Waals surface area contributed by atoms with Crippen molar-refractivity contribution >= 4 is 39.0 Å². The summed E-state index contributed by atoms with van der Waals surface area (Å²) in [6, 6.07) is 2.98. The zero-order valence-corrected chi connectivity index (χ0v) is 13.5. The SMILES string of the molecule is CCc1cc2c(N3C4CCC3CC(O)C4)nc(Cl)nc2s1. The van der Waals surface area contributed by atoms with E-state index in [1.807, 2.05) is 0 Å². The fraction of sp³-hybridized carbons (Fsp3) is 0.600. The van der Waals surface area contributed by atoms with E-state index < -0.39 is 0 Å². The van der Waals surface area contributed by atoms with E-state index >= 15 is 0 Å². The number of nitrogens with zero attached hydrogens (tertiary/aromatic N) is 3. The van der Waals surface area contributed by atoms with E-state index in [0.29, 0.717) is 17.4 Å². The van der Waals surface area contributed by atoms with E-state index in [4.69, 9.17) is 11.6 Å². The molecule has 2 unspecified atom stereocenters. The summed E-state index contributed by atoms with van der Waals surface area (Å²) >= 11 is 7.85. The molecule has 2 aliphatic heterocycles. The first-order valence-corrected chi connectivity index (χ1v) is 8.77. The molecule has 4 rings (SSSR count). The van der Waals surface area contributed by atoms with Gasteiger partial charge in [0.05, 0.1) is 11.5 Å². The van der Waals surface area contributed by atoms with Crippen LogP contribution >= 0.6 is 22.9 Å². The summed E-state index contributed by atoms with van der Waals surface area (Å²) < 4.78 is 0. The Kier molecular flexibility index (Phi) is 3.32. The lowest BCUT2D eigenvalue weighted by molar-refractivity contribution is 0.126. The standard InChI is InChI=1S/C15H18ClN3OS/c1-2-11-7-12-13(17-15(16)18-14(12)21-11)19-8-3-4-9(19)6-10(20)5-8/h7-10,20H,2-6H2,1H3. The van der Waals surface area contributed by atoms with Crippen LogP contribution in [0.15, 0.2) is 6.07 Å². The predicted molar refractivity (Wildman–Crippen MR) is 86.3 cm³/mol. The van der Waals surface area contributed by atoms with E-state index in [1.165, 1.54) is 4.88 Å². The Morgan fingerprint density at radius 3 is 2.71 bits per heavy atom. The van der Waals surface area contributed by atoms with Gasteiger partial charge in [0.25, 0.3) is 0 Å². The third-order valence-electron chi connectivity index (χ3n) is 4.70. The molecule has 0 aliphatic carbocycles. The Morgan fingerprint density at radius 2 is 2.05 bits per heavy atom. The van der Waals surface area contributed by atoms with Gasteiger partial charge in [-0.25, -0.2) is 4.98 Å². The molecule has 0 amide bonds. The summed E-state index contributed by atoms with van der Waals surface area (Å²) in [7, 11) is 0. The number of rotatable bonds is 2. The number of hydrogen-bond acceptors (Lipinski definition) is 5. The van der Waals surface area contributed by atoms with Crippen LogP contribution in [0.4, 0.5) is 5.82 Å². The molecule has 4 nitrogen and oxygen atoms in total. The minimum absolute atomic E-state index is 0.166. The monoisotopic (exact) mass is 323 g/mol. The van der Waals surface area contributed by atoms with E-state index in [2.05, 4.69) is 27.9 Å². The van der Waals surface area contributed by atoms with Gasteiger partial charge in [0.15, 0.2) is 0 Å². The van der Waals surface area contributed by atoms with Crippen molar-refractivity contribution in [1.29, 1.82) is 0 Å². The van der Waals surface area contributed by atoms with E-state index in [1.54, 1.807) is 11.3 Å². The van der Waals surface area contributed by atoms with Gasteiger partial charge >= 0.3 is 0 Å². The lowest BCUT2D eigenvalue weighted by atomic mass is 9.99. The maximum atomic E-state index is 9.98. The molecule has 0 saturated carbocycles. The first-order chi connectivity index (χ1) is 10.2. The third kappa shape index (κ3) is 2.22. The van der Waals surface area contributed by atoms with Gasteiger partial charge in [-0.3, -0.25) is 0 Å². The van der Waals surface area contributed by atoms with Crippen LogP contribution in [0, 0.1) is 0 Å². The smallest absolute Gasteiger partial charge is 0.225 e. The normalized spacial score (nSPS) is 28.5. The van der Waals surface area contributed by atoms with Gasteiger partial charge in [0.1, 0.15) is 10.6 Å². The van der Waals surface area contributed by atoms with Gasteiger partial charge in [-0.05, 0) is 49.8 Å². The molecular formula is C15H18ClN3OS. The van der Waals surface area contributed by atoms with Crippen molar-refractivity contribution in [3.05, 3.63) is 16.2 Å². The molecular weight excluding hydrogens is 306 g/mol. The highest BCUT2D eigenvalue weighted by atomic mass is 35.5. The van der Waals surface area contributed by atoms with Gasteiger partial charge in [-0.1, -0.05) is 6.92 Å². The molecule has 2 aliphatic rings. The maximum Gasteiger partial charge on any atom is 0.225 e. The van der Waals surface area contributed by atoms with Crippen molar-refractivity contribution in [3.63, 3.8) is 0 Å². The second kappa shape index (κ2) is 5.07. The molecule has 2 aromatic heterocycles. The molecule has 2 atom stereocenters. The fourth-order valence-electron chi connectivity index (χ4n) is 3.80. The van der Waals surface area contributed by atoms with E-state index in [-0.39, 0.29) is 6.10 Å². The number of hydrogen-bond donors (Lipinski definition) is 1. The Labute approximate surface area is 132 Å². The average molecular weight is 324 g/mol. The molecule has 21 heavy (non-hydrogen) atoms. The highest BCUT2D eigenvalue weighted by Gasteiger charge is 2.41. The number of halogens is 1. The van der Waals surface area contributed by atoms with Crippen molar-refractivity contribution < 1.29 is 5.11 Å². The van der Waals surface area contributed by atoms with Crippen LogP contribution in [-0.2, 0) is 6.42 Å². The molecule has 0 spiro atoms. The average Bonchev–Trinajstić information content (AvgIpc) is 2.97. The van der Waals surface area contributed by atoms with Crippen molar-refractivity contribution in [2.45, 2.75) is 57.2 Å². The molecule has 112 valence electrons. The zero-order valence-electron chi connectivity index (χ0n) is 11.9. The molecule has 2 saturated heterocycles. The summed E-state index contributed by atoms with van der Waals surface area (Å²) in [6.45, 7) is 2.15. The quantitative estimate of drug-likeness (QED) is 0.861. The number of aliphatic hydroxyl groups is 1. The highest BCUT2D eigenvalue weighted by Crippen LogP contribution is 2.42. The second-order valence-electron chi connectivity index (χ2n) is 6.02. The van der Waals surface area contributed by atoms with Crippen molar-refractivity contribution in [3.8, 4) is 0 Å². The van der Waals surface area contributed by atoms with Crippen molar-refractivity contribution in [2.24, 2.45) is 0 Å². The van der Waals surface area contributed by atoms with Crippen LogP contribution in [0.25, 0.3) is 10.2 Å². The van der Waals surface area contributed by atoms with Crippen molar-refractivity contribution in [2.75, 3.05) is 4.90 Å². The van der Waals surface area contributed by atoms with Crippen LogP contribution in [-0.4, -0.2) is 33.3 Å². The molecule has 2 aromatic rings. The predicted octanol–water partition coefficient (Wildman–Crippen LogP) is 3.40. The summed E-state index contributed by atoms with van der Waals surface area (Å²) in [5.74, 6) is 0.973. The van der Waals surface area contributed by atoms with Crippen LogP contribution in [0.3, 0.4) is 0 Å². The lowest BCUT2D eigenvalue weighted by Gasteiger charge is -2.38. The molecule has 2 bridgehead atoms. The Bertz CT molecular complexity index is 675. The van der Waals surface area contributed by atoms with Crippen LogP contribution < -0.4 is 4.90 Å². The number of fused-ring (bicyclic) bond motifs is 3. The summed E-state index contributed by atoms with van der Waals surface area (Å²) in [6.07, 6.45) is 4.78. The molecule has 0 aromatic carbocycles. The summed E-state index contributed by atoms with van der Waals surface area (Å²) in [5, 5.41) is 11.4. The summed E-state index contributed by atoms with van der Waals surface area (Å²) in [4.78, 5) is 13.6. The Morgan fingerprint density at radius 1 is 1.33 bits per heavy atom. The van der Waals surface area contributed by atoms with Crippen molar-refractivity contribution in [1.82, 2.24) is 9.97 Å². The zero-order chi connectivity index (χ0) is 14.6. The van der Waals surface area contributed by atoms with Gasteiger partial charge < -0.3 is 10.0 Å². The maximum absolute atomic E-state index is 9.98. The van der Waals surface area contributed by atoms with Gasteiger partial charge in [0, 0.05) is 17.0 Å². The number of aryl methyl sites for hydroxylation is 1. The minimum atomic E-state index is -0.166. The van der Waals surface area contributed by atoms with Gasteiger partial charge in [-0.2, -0.15) is 4.98 Å². The Balaban J connectivity index is 1.84. The lowest BCUT2D eigenvalue weighted by Crippen LogP contribution is -2.45. The van der Waals surface area contributed by atoms with E-state index in [0.717, 1.165) is 48.1 Å². The Hall–Kier alpha value is -0.910. The molecule has 2 fully saturated rings.